The minimum atomic E-state index is 0.0919. The maximum atomic E-state index is 12.6. The van der Waals surface area contributed by atoms with E-state index in [4.69, 9.17) is 8.83 Å². The number of carbonyl (C=O) groups is 1. The van der Waals surface area contributed by atoms with Crippen LogP contribution >= 0.6 is 0 Å². The number of oxazole rings is 1. The Labute approximate surface area is 148 Å². The molecule has 0 aromatic carbocycles. The molecule has 1 fully saturated rings. The largest absolute Gasteiger partial charge is 0.472 e. The molecule has 0 bridgehead atoms. The van der Waals surface area contributed by atoms with Crippen LogP contribution in [0.1, 0.15) is 38.1 Å². The molecular weight excluding hydrogens is 318 g/mol. The van der Waals surface area contributed by atoms with Crippen molar-refractivity contribution in [3.8, 4) is 11.5 Å². The molecule has 0 saturated carbocycles. The van der Waals surface area contributed by atoms with E-state index in [0.29, 0.717) is 5.89 Å². The molecule has 136 valence electrons. The van der Waals surface area contributed by atoms with Gasteiger partial charge >= 0.3 is 0 Å². The fourth-order valence-electron chi connectivity index (χ4n) is 3.49. The zero-order chi connectivity index (χ0) is 17.8. The van der Waals surface area contributed by atoms with Crippen LogP contribution < -0.4 is 0 Å². The number of piperidine rings is 1. The van der Waals surface area contributed by atoms with Crippen molar-refractivity contribution >= 4 is 5.91 Å². The monoisotopic (exact) mass is 345 g/mol. The average molecular weight is 345 g/mol. The van der Waals surface area contributed by atoms with Crippen molar-refractivity contribution in [3.05, 3.63) is 30.0 Å². The molecule has 6 heteroatoms. The van der Waals surface area contributed by atoms with E-state index < -0.39 is 0 Å². The molecule has 6 nitrogen and oxygen atoms in total. The number of aryl methyl sites for hydroxylation is 1. The third-order valence-electron chi connectivity index (χ3n) is 4.96. The van der Waals surface area contributed by atoms with Crippen molar-refractivity contribution in [2.24, 2.45) is 5.92 Å². The van der Waals surface area contributed by atoms with E-state index >= 15 is 0 Å². The van der Waals surface area contributed by atoms with E-state index in [0.717, 1.165) is 62.6 Å². The number of aromatic nitrogens is 1. The standard InChI is InChI=1S/C19H27N3O3/c1-4-22(5-2)19(23)15-7-6-9-21(11-15)12-17-14(3)25-18(20-17)16-8-10-24-13-16/h8,10,13,15H,4-7,9,11-12H2,1-3H3. The molecule has 3 heterocycles. The van der Waals surface area contributed by atoms with Gasteiger partial charge in [-0.15, -0.1) is 0 Å². The summed E-state index contributed by atoms with van der Waals surface area (Å²) in [6, 6.07) is 1.84. The second-order valence-electron chi connectivity index (χ2n) is 6.62. The fourth-order valence-corrected chi connectivity index (χ4v) is 3.49. The summed E-state index contributed by atoms with van der Waals surface area (Å²) in [5.41, 5.74) is 1.79. The van der Waals surface area contributed by atoms with E-state index in [1.165, 1.54) is 0 Å². The van der Waals surface area contributed by atoms with Gasteiger partial charge in [-0.2, -0.15) is 0 Å². The number of furan rings is 1. The molecule has 0 N–H and O–H groups in total. The summed E-state index contributed by atoms with van der Waals surface area (Å²) in [4.78, 5) is 21.5. The highest BCUT2D eigenvalue weighted by atomic mass is 16.4. The molecule has 1 atom stereocenters. The van der Waals surface area contributed by atoms with Gasteiger partial charge in [0.2, 0.25) is 11.8 Å². The molecule has 1 aliphatic heterocycles. The molecule has 1 amide bonds. The van der Waals surface area contributed by atoms with Crippen LogP contribution in [-0.2, 0) is 11.3 Å². The lowest BCUT2D eigenvalue weighted by molar-refractivity contribution is -0.137. The van der Waals surface area contributed by atoms with Gasteiger partial charge in [-0.25, -0.2) is 4.98 Å². The topological polar surface area (TPSA) is 62.7 Å². The molecule has 1 saturated heterocycles. The van der Waals surface area contributed by atoms with Crippen molar-refractivity contribution in [2.45, 2.75) is 40.2 Å². The first-order valence-corrected chi connectivity index (χ1v) is 9.12. The summed E-state index contributed by atoms with van der Waals surface area (Å²) in [7, 11) is 0. The number of carbonyl (C=O) groups excluding carboxylic acids is 1. The van der Waals surface area contributed by atoms with Crippen LogP contribution in [0.3, 0.4) is 0 Å². The number of rotatable bonds is 6. The van der Waals surface area contributed by atoms with Crippen LogP contribution in [0.4, 0.5) is 0 Å². The van der Waals surface area contributed by atoms with Gasteiger partial charge in [0.15, 0.2) is 0 Å². The first kappa shape index (κ1) is 17.7. The molecule has 0 radical (unpaired) electrons. The summed E-state index contributed by atoms with van der Waals surface area (Å²) >= 11 is 0. The number of likely N-dealkylation sites (tertiary alicyclic amines) is 1. The van der Waals surface area contributed by atoms with Crippen LogP contribution in [0.2, 0.25) is 0 Å². The lowest BCUT2D eigenvalue weighted by atomic mass is 9.96. The summed E-state index contributed by atoms with van der Waals surface area (Å²) in [5, 5.41) is 0. The Kier molecular flexibility index (Phi) is 5.58. The summed E-state index contributed by atoms with van der Waals surface area (Å²) < 4.78 is 10.9. The maximum Gasteiger partial charge on any atom is 0.229 e. The van der Waals surface area contributed by atoms with Crippen LogP contribution in [-0.4, -0.2) is 46.9 Å². The Balaban J connectivity index is 1.66. The Bertz CT molecular complexity index is 689. The molecule has 2 aromatic rings. The van der Waals surface area contributed by atoms with Crippen LogP contribution in [0.25, 0.3) is 11.5 Å². The molecule has 1 aliphatic rings. The van der Waals surface area contributed by atoms with Gasteiger partial charge in [0, 0.05) is 26.2 Å². The minimum Gasteiger partial charge on any atom is -0.472 e. The SMILES string of the molecule is CCN(CC)C(=O)C1CCCN(Cc2nc(-c3ccoc3)oc2C)C1. The molecule has 2 aromatic heterocycles. The molecular formula is C19H27N3O3. The van der Waals surface area contributed by atoms with Gasteiger partial charge in [-0.3, -0.25) is 9.69 Å². The Morgan fingerprint density at radius 3 is 2.88 bits per heavy atom. The van der Waals surface area contributed by atoms with E-state index in [-0.39, 0.29) is 11.8 Å². The first-order valence-electron chi connectivity index (χ1n) is 9.12. The zero-order valence-corrected chi connectivity index (χ0v) is 15.3. The Hall–Kier alpha value is -2.08. The van der Waals surface area contributed by atoms with E-state index in [1.54, 1.807) is 12.5 Å². The second-order valence-corrected chi connectivity index (χ2v) is 6.62. The fraction of sp³-hybridized carbons (Fsp3) is 0.579. The van der Waals surface area contributed by atoms with Crippen molar-refractivity contribution < 1.29 is 13.6 Å². The van der Waals surface area contributed by atoms with Crippen LogP contribution in [0.5, 0.6) is 0 Å². The van der Waals surface area contributed by atoms with E-state index in [1.807, 2.05) is 31.7 Å². The molecule has 3 rings (SSSR count). The number of hydrogen-bond donors (Lipinski definition) is 0. The summed E-state index contributed by atoms with van der Waals surface area (Å²) in [6.07, 6.45) is 5.27. The van der Waals surface area contributed by atoms with Crippen molar-refractivity contribution in [1.82, 2.24) is 14.8 Å². The highest BCUT2D eigenvalue weighted by molar-refractivity contribution is 5.79. The summed E-state index contributed by atoms with van der Waals surface area (Å²) in [6.45, 7) is 10.1. The van der Waals surface area contributed by atoms with Crippen LogP contribution in [0, 0.1) is 12.8 Å². The smallest absolute Gasteiger partial charge is 0.229 e. The Morgan fingerprint density at radius 1 is 1.40 bits per heavy atom. The quantitative estimate of drug-likeness (QED) is 0.804. The third-order valence-corrected chi connectivity index (χ3v) is 4.96. The zero-order valence-electron chi connectivity index (χ0n) is 15.3. The third kappa shape index (κ3) is 3.95. The second kappa shape index (κ2) is 7.87. The normalized spacial score (nSPS) is 18.4. The van der Waals surface area contributed by atoms with Crippen molar-refractivity contribution in [1.29, 1.82) is 0 Å². The number of nitrogens with zero attached hydrogens (tertiary/aromatic N) is 3. The molecule has 0 spiro atoms. The lowest BCUT2D eigenvalue weighted by Gasteiger charge is -2.34. The first-order chi connectivity index (χ1) is 12.1. The highest BCUT2D eigenvalue weighted by Gasteiger charge is 2.29. The summed E-state index contributed by atoms with van der Waals surface area (Å²) in [5.74, 6) is 1.79. The van der Waals surface area contributed by atoms with E-state index in [9.17, 15) is 4.79 Å². The van der Waals surface area contributed by atoms with Crippen molar-refractivity contribution in [3.63, 3.8) is 0 Å². The highest BCUT2D eigenvalue weighted by Crippen LogP contribution is 2.25. The van der Waals surface area contributed by atoms with Gasteiger partial charge in [0.1, 0.15) is 12.0 Å². The van der Waals surface area contributed by atoms with Gasteiger partial charge < -0.3 is 13.7 Å². The van der Waals surface area contributed by atoms with Gasteiger partial charge in [-0.1, -0.05) is 0 Å². The Morgan fingerprint density at radius 2 is 2.20 bits per heavy atom. The average Bonchev–Trinajstić information content (AvgIpc) is 3.27. The van der Waals surface area contributed by atoms with Gasteiger partial charge in [0.05, 0.1) is 23.4 Å². The molecule has 25 heavy (non-hydrogen) atoms. The maximum absolute atomic E-state index is 12.6. The van der Waals surface area contributed by atoms with Crippen LogP contribution in [0.15, 0.2) is 27.4 Å². The minimum absolute atomic E-state index is 0.0919. The van der Waals surface area contributed by atoms with E-state index in [2.05, 4.69) is 9.88 Å². The number of hydrogen-bond acceptors (Lipinski definition) is 5. The predicted molar refractivity (Wildman–Crippen MR) is 94.9 cm³/mol. The number of amides is 1. The van der Waals surface area contributed by atoms with Crippen molar-refractivity contribution in [2.75, 3.05) is 26.2 Å². The van der Waals surface area contributed by atoms with Gasteiger partial charge in [0.25, 0.3) is 0 Å². The predicted octanol–water partition coefficient (Wildman–Crippen LogP) is 3.32. The molecule has 0 aliphatic carbocycles. The van der Waals surface area contributed by atoms with Gasteiger partial charge in [-0.05, 0) is 46.2 Å². The molecule has 1 unspecified atom stereocenters. The lowest BCUT2D eigenvalue weighted by Crippen LogP contribution is -2.44.